The topological polar surface area (TPSA) is 143 Å². The Hall–Kier alpha value is -5.92. The first-order valence-corrected chi connectivity index (χ1v) is 16.4. The molecule has 0 aliphatic heterocycles. The number of amides is 4. The average Bonchev–Trinajstić information content (AvgIpc) is 3.12. The van der Waals surface area contributed by atoms with Crippen molar-refractivity contribution in [1.29, 1.82) is 0 Å². The summed E-state index contributed by atoms with van der Waals surface area (Å²) in [4.78, 5) is 64.3. The molecule has 0 unspecified atom stereocenters. The first-order chi connectivity index (χ1) is 24.5. The van der Waals surface area contributed by atoms with Gasteiger partial charge < -0.3 is 35.6 Å². The molecule has 0 aliphatic carbocycles. The summed E-state index contributed by atoms with van der Waals surface area (Å²) in [6.45, 7) is 2.19. The molecule has 3 N–H and O–H groups in total. The molecule has 0 saturated carbocycles. The molecular formula is C38H45N9O4. The summed E-state index contributed by atoms with van der Waals surface area (Å²) in [5.74, 6) is -0.0650. The van der Waals surface area contributed by atoms with Gasteiger partial charge in [-0.2, -0.15) is 0 Å². The molecule has 0 spiro atoms. The highest BCUT2D eigenvalue weighted by atomic mass is 16.2. The molecule has 51 heavy (non-hydrogen) atoms. The monoisotopic (exact) mass is 691 g/mol. The molecule has 0 bridgehead atoms. The summed E-state index contributed by atoms with van der Waals surface area (Å²) in [5.41, 5.74) is 5.49. The van der Waals surface area contributed by atoms with Gasteiger partial charge in [0.05, 0.1) is 30.3 Å². The number of pyridine rings is 2. The molecule has 266 valence electrons. The van der Waals surface area contributed by atoms with Crippen molar-refractivity contribution in [3.63, 3.8) is 0 Å². The molecule has 2 aromatic heterocycles. The highest BCUT2D eigenvalue weighted by Crippen LogP contribution is 2.24. The molecule has 4 rings (SSSR count). The number of carbonyl (C=O) groups is 4. The largest absolute Gasteiger partial charge is 0.345 e. The van der Waals surface area contributed by atoms with Crippen LogP contribution in [-0.4, -0.2) is 110 Å². The van der Waals surface area contributed by atoms with Crippen LogP contribution in [0.1, 0.15) is 15.9 Å². The van der Waals surface area contributed by atoms with Crippen molar-refractivity contribution < 1.29 is 19.2 Å². The highest BCUT2D eigenvalue weighted by Gasteiger charge is 2.11. The van der Waals surface area contributed by atoms with E-state index >= 15 is 0 Å². The Morgan fingerprint density at radius 3 is 2.18 bits per heavy atom. The van der Waals surface area contributed by atoms with Gasteiger partial charge in [0.2, 0.25) is 18.2 Å². The van der Waals surface area contributed by atoms with Crippen molar-refractivity contribution in [1.82, 2.24) is 30.0 Å². The van der Waals surface area contributed by atoms with Crippen molar-refractivity contribution >= 4 is 47.0 Å². The Morgan fingerprint density at radius 2 is 1.53 bits per heavy atom. The minimum atomic E-state index is -0.321. The van der Waals surface area contributed by atoms with Crippen LogP contribution in [0.2, 0.25) is 0 Å². The van der Waals surface area contributed by atoms with Crippen molar-refractivity contribution in [2.24, 2.45) is 0 Å². The van der Waals surface area contributed by atoms with Gasteiger partial charge in [-0.3, -0.25) is 24.2 Å². The standard InChI is InChI=1S/C38H45N9O4/c1-44(2)18-6-7-36(49)41-25-37(50)43-32-15-8-28(9-16-32)26-46(5)19-20-47(27-48)34-21-33(23-39-24-34)42-35-17-14-31(22-40-35)29-10-12-30(13-11-29)38(51)45(3)4/h6-17,21-24,27H,18-20,25-26H2,1-5H3,(H,40,42)(H,41,49)(H,43,50)/b7-6+. The molecule has 2 heterocycles. The number of nitrogens with one attached hydrogen (secondary N) is 3. The van der Waals surface area contributed by atoms with E-state index in [-0.39, 0.29) is 24.3 Å². The van der Waals surface area contributed by atoms with Gasteiger partial charge in [0.25, 0.3) is 5.91 Å². The summed E-state index contributed by atoms with van der Waals surface area (Å²) < 4.78 is 0. The predicted molar refractivity (Wildman–Crippen MR) is 201 cm³/mol. The van der Waals surface area contributed by atoms with Crippen LogP contribution >= 0.6 is 0 Å². The van der Waals surface area contributed by atoms with Gasteiger partial charge >= 0.3 is 0 Å². The average molecular weight is 692 g/mol. The van der Waals surface area contributed by atoms with Gasteiger partial charge in [-0.05, 0) is 74.7 Å². The van der Waals surface area contributed by atoms with Gasteiger partial charge in [-0.25, -0.2) is 4.98 Å². The third-order valence-electron chi connectivity index (χ3n) is 7.67. The van der Waals surface area contributed by atoms with Crippen LogP contribution < -0.4 is 20.9 Å². The molecule has 2 aromatic carbocycles. The first kappa shape index (κ1) is 37.9. The Labute approximate surface area is 299 Å². The number of carbonyl (C=O) groups excluding carboxylic acids is 4. The molecule has 13 nitrogen and oxygen atoms in total. The molecular weight excluding hydrogens is 646 g/mol. The fraction of sp³-hybridized carbons (Fsp3) is 0.263. The van der Waals surface area contributed by atoms with E-state index in [9.17, 15) is 19.2 Å². The van der Waals surface area contributed by atoms with Crippen LogP contribution in [0.15, 0.2) is 97.5 Å². The van der Waals surface area contributed by atoms with Crippen molar-refractivity contribution in [3.8, 4) is 11.1 Å². The van der Waals surface area contributed by atoms with Crippen LogP contribution in [0.5, 0.6) is 0 Å². The summed E-state index contributed by atoms with van der Waals surface area (Å²) in [7, 11) is 9.22. The molecule has 0 fully saturated rings. The summed E-state index contributed by atoms with van der Waals surface area (Å²) in [5, 5.41) is 8.60. The third-order valence-corrected chi connectivity index (χ3v) is 7.67. The second-order valence-corrected chi connectivity index (χ2v) is 12.4. The number of nitrogens with zero attached hydrogens (tertiary/aromatic N) is 6. The first-order valence-electron chi connectivity index (χ1n) is 16.4. The van der Waals surface area contributed by atoms with E-state index in [0.717, 1.165) is 23.1 Å². The zero-order chi connectivity index (χ0) is 36.8. The number of aromatic nitrogens is 2. The van der Waals surface area contributed by atoms with Gasteiger partial charge in [-0.1, -0.05) is 30.3 Å². The SMILES string of the molecule is CN(C)C/C=C/C(=O)NCC(=O)Nc1ccc(CN(C)CCN(C=O)c2cncc(Nc3ccc(-c4ccc(C(=O)N(C)C)cc4)cn3)c2)cc1. The van der Waals surface area contributed by atoms with Crippen LogP contribution in [0.4, 0.5) is 22.9 Å². The second-order valence-electron chi connectivity index (χ2n) is 12.4. The minimum Gasteiger partial charge on any atom is -0.345 e. The number of anilines is 4. The van der Waals surface area contributed by atoms with E-state index in [1.54, 1.807) is 60.7 Å². The summed E-state index contributed by atoms with van der Waals surface area (Å²) in [6, 6.07) is 20.5. The van der Waals surface area contributed by atoms with Crippen molar-refractivity contribution in [3.05, 3.63) is 109 Å². The molecule has 13 heteroatoms. The van der Waals surface area contributed by atoms with Gasteiger partial charge in [0, 0.05) is 69.4 Å². The quantitative estimate of drug-likeness (QED) is 0.111. The van der Waals surface area contributed by atoms with Crippen molar-refractivity contribution in [2.45, 2.75) is 6.54 Å². The highest BCUT2D eigenvalue weighted by molar-refractivity contribution is 5.96. The predicted octanol–water partition coefficient (Wildman–Crippen LogP) is 3.86. The lowest BCUT2D eigenvalue weighted by molar-refractivity contribution is -0.121. The molecule has 0 atom stereocenters. The Balaban J connectivity index is 1.24. The molecule has 0 radical (unpaired) electrons. The van der Waals surface area contributed by atoms with Gasteiger partial charge in [0.1, 0.15) is 5.82 Å². The Kier molecular flexibility index (Phi) is 13.9. The second kappa shape index (κ2) is 18.7. The third kappa shape index (κ3) is 12.2. The number of rotatable bonds is 17. The molecule has 0 aliphatic rings. The zero-order valence-electron chi connectivity index (χ0n) is 29.7. The van der Waals surface area contributed by atoms with Gasteiger partial charge in [0.15, 0.2) is 0 Å². The lowest BCUT2D eigenvalue weighted by Crippen LogP contribution is -2.32. The fourth-order valence-electron chi connectivity index (χ4n) is 4.91. The van der Waals surface area contributed by atoms with Gasteiger partial charge in [-0.15, -0.1) is 0 Å². The lowest BCUT2D eigenvalue weighted by Gasteiger charge is -2.23. The van der Waals surface area contributed by atoms with Crippen LogP contribution in [0.3, 0.4) is 0 Å². The van der Waals surface area contributed by atoms with Crippen LogP contribution in [0, 0.1) is 0 Å². The number of hydrogen-bond acceptors (Lipinski definition) is 9. The number of hydrogen-bond donors (Lipinski definition) is 3. The molecule has 0 saturated heterocycles. The van der Waals surface area contributed by atoms with Crippen LogP contribution in [0.25, 0.3) is 11.1 Å². The van der Waals surface area contributed by atoms with Crippen LogP contribution in [-0.2, 0) is 20.9 Å². The summed E-state index contributed by atoms with van der Waals surface area (Å²) >= 11 is 0. The lowest BCUT2D eigenvalue weighted by atomic mass is 10.1. The van der Waals surface area contributed by atoms with E-state index in [2.05, 4.69) is 30.8 Å². The van der Waals surface area contributed by atoms with E-state index in [1.165, 1.54) is 6.08 Å². The maximum atomic E-state index is 12.2. The number of likely N-dealkylation sites (N-methyl/N-ethyl adjacent to an activating group) is 2. The molecule has 4 amide bonds. The maximum absolute atomic E-state index is 12.2. The zero-order valence-corrected chi connectivity index (χ0v) is 29.7. The minimum absolute atomic E-state index is 0.0490. The maximum Gasteiger partial charge on any atom is 0.253 e. The van der Waals surface area contributed by atoms with Crippen molar-refractivity contribution in [2.75, 3.05) is 77.0 Å². The van der Waals surface area contributed by atoms with E-state index in [4.69, 9.17) is 0 Å². The number of benzene rings is 2. The smallest absolute Gasteiger partial charge is 0.253 e. The molecule has 4 aromatic rings. The summed E-state index contributed by atoms with van der Waals surface area (Å²) in [6.07, 6.45) is 9.00. The Morgan fingerprint density at radius 1 is 0.804 bits per heavy atom. The van der Waals surface area contributed by atoms with E-state index in [0.29, 0.717) is 54.6 Å². The van der Waals surface area contributed by atoms with E-state index < -0.39 is 0 Å². The normalized spacial score (nSPS) is 11.0. The fourth-order valence-corrected chi connectivity index (χ4v) is 4.91. The van der Waals surface area contributed by atoms with E-state index in [1.807, 2.05) is 80.6 Å². The Bertz CT molecular complexity index is 1790.